The van der Waals surface area contributed by atoms with Crippen molar-refractivity contribution in [2.45, 2.75) is 33.6 Å². The largest absolute Gasteiger partial charge is 0.490 e. The maximum absolute atomic E-state index is 12.1. The first-order valence-electron chi connectivity index (χ1n) is 8.32. The van der Waals surface area contributed by atoms with E-state index in [2.05, 4.69) is 5.32 Å². The van der Waals surface area contributed by atoms with Crippen LogP contribution in [0.15, 0.2) is 42.5 Å². The van der Waals surface area contributed by atoms with Crippen molar-refractivity contribution in [2.24, 2.45) is 0 Å². The van der Waals surface area contributed by atoms with Gasteiger partial charge in [-0.1, -0.05) is 24.3 Å². The Hall–Kier alpha value is -2.49. The molecule has 2 aromatic carbocycles. The van der Waals surface area contributed by atoms with Gasteiger partial charge in [0.05, 0.1) is 13.2 Å². The number of nitrogens with one attached hydrogen (secondary N) is 1. The van der Waals surface area contributed by atoms with Gasteiger partial charge in [-0.3, -0.25) is 4.79 Å². The number of amides is 1. The van der Waals surface area contributed by atoms with Crippen LogP contribution in [0.5, 0.6) is 11.5 Å². The van der Waals surface area contributed by atoms with E-state index in [4.69, 9.17) is 9.47 Å². The van der Waals surface area contributed by atoms with Gasteiger partial charge in [-0.15, -0.1) is 0 Å². The van der Waals surface area contributed by atoms with Crippen LogP contribution in [-0.2, 0) is 4.79 Å². The fourth-order valence-electron chi connectivity index (χ4n) is 2.36. The van der Waals surface area contributed by atoms with Crippen LogP contribution in [0.4, 0.5) is 5.69 Å². The molecular formula is C20H25NO3. The highest BCUT2D eigenvalue weighted by Crippen LogP contribution is 2.26. The molecule has 4 heteroatoms. The monoisotopic (exact) mass is 327 g/mol. The highest BCUT2D eigenvalue weighted by molar-refractivity contribution is 5.91. The maximum atomic E-state index is 12.1. The molecule has 0 unspecified atom stereocenters. The first-order chi connectivity index (χ1) is 11.6. The summed E-state index contributed by atoms with van der Waals surface area (Å²) < 4.78 is 11.2. The number of benzene rings is 2. The van der Waals surface area contributed by atoms with Crippen molar-refractivity contribution in [3.63, 3.8) is 0 Å². The molecule has 0 aromatic heterocycles. The van der Waals surface area contributed by atoms with Crippen molar-refractivity contribution in [1.82, 2.24) is 0 Å². The second kappa shape index (κ2) is 8.96. The van der Waals surface area contributed by atoms with Gasteiger partial charge in [-0.2, -0.15) is 0 Å². The molecule has 0 aliphatic carbocycles. The quantitative estimate of drug-likeness (QED) is 0.726. The second-order valence-corrected chi connectivity index (χ2v) is 5.63. The van der Waals surface area contributed by atoms with Gasteiger partial charge in [0.1, 0.15) is 0 Å². The smallest absolute Gasteiger partial charge is 0.224 e. The fraction of sp³-hybridized carbons (Fsp3) is 0.350. The standard InChI is InChI=1S/C20H25NO3/c1-4-23-18-11-5-6-12-19(18)24-14-8-13-20(22)21-17-10-7-9-15(2)16(17)3/h5-7,9-12H,4,8,13-14H2,1-3H3,(H,21,22). The number of rotatable bonds is 8. The van der Waals surface area contributed by atoms with E-state index in [1.807, 2.05) is 63.2 Å². The number of ether oxygens (including phenoxy) is 2. The first-order valence-corrected chi connectivity index (χ1v) is 8.32. The molecule has 0 fully saturated rings. The topological polar surface area (TPSA) is 47.6 Å². The molecule has 1 N–H and O–H groups in total. The number of para-hydroxylation sites is 2. The molecule has 128 valence electrons. The van der Waals surface area contributed by atoms with Crippen LogP contribution in [0.25, 0.3) is 0 Å². The van der Waals surface area contributed by atoms with Gasteiger partial charge in [0.2, 0.25) is 5.91 Å². The molecule has 1 amide bonds. The average molecular weight is 327 g/mol. The molecule has 4 nitrogen and oxygen atoms in total. The number of carbonyl (C=O) groups excluding carboxylic acids is 1. The summed E-state index contributed by atoms with van der Waals surface area (Å²) in [4.78, 5) is 12.1. The minimum absolute atomic E-state index is 0.00499. The van der Waals surface area contributed by atoms with Crippen LogP contribution in [0.3, 0.4) is 0 Å². The zero-order chi connectivity index (χ0) is 17.4. The van der Waals surface area contributed by atoms with E-state index in [0.717, 1.165) is 17.0 Å². The molecular weight excluding hydrogens is 302 g/mol. The normalized spacial score (nSPS) is 10.3. The predicted octanol–water partition coefficient (Wildman–Crippen LogP) is 4.50. The zero-order valence-corrected chi connectivity index (χ0v) is 14.6. The summed E-state index contributed by atoms with van der Waals surface area (Å²) in [5.74, 6) is 1.46. The third-order valence-corrected chi connectivity index (χ3v) is 3.83. The van der Waals surface area contributed by atoms with Crippen molar-refractivity contribution in [3.8, 4) is 11.5 Å². The second-order valence-electron chi connectivity index (χ2n) is 5.63. The van der Waals surface area contributed by atoms with Gasteiger partial charge in [0, 0.05) is 12.1 Å². The summed E-state index contributed by atoms with van der Waals surface area (Å²) >= 11 is 0. The Morgan fingerprint density at radius 2 is 1.71 bits per heavy atom. The zero-order valence-electron chi connectivity index (χ0n) is 14.6. The van der Waals surface area contributed by atoms with E-state index >= 15 is 0 Å². The minimum Gasteiger partial charge on any atom is -0.490 e. The van der Waals surface area contributed by atoms with Crippen molar-refractivity contribution >= 4 is 11.6 Å². The van der Waals surface area contributed by atoms with Gasteiger partial charge in [0.15, 0.2) is 11.5 Å². The lowest BCUT2D eigenvalue weighted by molar-refractivity contribution is -0.116. The lowest BCUT2D eigenvalue weighted by Crippen LogP contribution is -2.14. The molecule has 0 saturated carbocycles. The molecule has 2 aromatic rings. The Balaban J connectivity index is 1.78. The molecule has 2 rings (SSSR count). The molecule has 0 heterocycles. The lowest BCUT2D eigenvalue weighted by Gasteiger charge is -2.12. The van der Waals surface area contributed by atoms with E-state index in [0.29, 0.717) is 31.8 Å². The van der Waals surface area contributed by atoms with Crippen molar-refractivity contribution < 1.29 is 14.3 Å². The Labute approximate surface area is 143 Å². The summed E-state index contributed by atoms with van der Waals surface area (Å²) in [7, 11) is 0. The van der Waals surface area contributed by atoms with Crippen LogP contribution in [0.1, 0.15) is 30.9 Å². The molecule has 0 bridgehead atoms. The summed E-state index contributed by atoms with van der Waals surface area (Å²) in [5.41, 5.74) is 3.15. The molecule has 0 radical (unpaired) electrons. The SMILES string of the molecule is CCOc1ccccc1OCCCC(=O)Nc1cccc(C)c1C. The summed E-state index contributed by atoms with van der Waals surface area (Å²) in [6.07, 6.45) is 1.07. The molecule has 24 heavy (non-hydrogen) atoms. The summed E-state index contributed by atoms with van der Waals surface area (Å²) in [6, 6.07) is 13.5. The minimum atomic E-state index is 0.00499. The number of anilines is 1. The molecule has 0 saturated heterocycles. The molecule has 0 aliphatic rings. The van der Waals surface area contributed by atoms with Crippen LogP contribution in [0, 0.1) is 13.8 Å². The van der Waals surface area contributed by atoms with Gasteiger partial charge in [-0.25, -0.2) is 0 Å². The van der Waals surface area contributed by atoms with Crippen LogP contribution in [0.2, 0.25) is 0 Å². The average Bonchev–Trinajstić information content (AvgIpc) is 2.57. The Bertz CT molecular complexity index is 682. The number of aryl methyl sites for hydroxylation is 1. The van der Waals surface area contributed by atoms with E-state index < -0.39 is 0 Å². The molecule has 0 aliphatic heterocycles. The van der Waals surface area contributed by atoms with E-state index in [-0.39, 0.29) is 5.91 Å². The summed E-state index contributed by atoms with van der Waals surface area (Å²) in [5, 5.41) is 2.96. The number of carbonyl (C=O) groups is 1. The maximum Gasteiger partial charge on any atom is 0.224 e. The van der Waals surface area contributed by atoms with Crippen LogP contribution >= 0.6 is 0 Å². The third kappa shape index (κ3) is 5.01. The van der Waals surface area contributed by atoms with Gasteiger partial charge in [0.25, 0.3) is 0 Å². The van der Waals surface area contributed by atoms with E-state index in [1.54, 1.807) is 0 Å². The predicted molar refractivity (Wildman–Crippen MR) is 96.9 cm³/mol. The first kappa shape index (κ1) is 17.9. The fourth-order valence-corrected chi connectivity index (χ4v) is 2.36. The Morgan fingerprint density at radius 3 is 2.42 bits per heavy atom. The van der Waals surface area contributed by atoms with Gasteiger partial charge in [-0.05, 0) is 56.5 Å². The van der Waals surface area contributed by atoms with Crippen molar-refractivity contribution in [2.75, 3.05) is 18.5 Å². The highest BCUT2D eigenvalue weighted by Gasteiger charge is 2.07. The Kier molecular flexibility index (Phi) is 6.67. The number of hydrogen-bond donors (Lipinski definition) is 1. The number of hydrogen-bond acceptors (Lipinski definition) is 3. The van der Waals surface area contributed by atoms with Crippen molar-refractivity contribution in [1.29, 1.82) is 0 Å². The Morgan fingerprint density at radius 1 is 1.00 bits per heavy atom. The van der Waals surface area contributed by atoms with Gasteiger partial charge >= 0.3 is 0 Å². The highest BCUT2D eigenvalue weighted by atomic mass is 16.5. The molecule has 0 spiro atoms. The third-order valence-electron chi connectivity index (χ3n) is 3.83. The van der Waals surface area contributed by atoms with Gasteiger partial charge < -0.3 is 14.8 Å². The molecule has 0 atom stereocenters. The van der Waals surface area contributed by atoms with E-state index in [9.17, 15) is 4.79 Å². The summed E-state index contributed by atoms with van der Waals surface area (Å²) in [6.45, 7) is 7.06. The van der Waals surface area contributed by atoms with Crippen molar-refractivity contribution in [3.05, 3.63) is 53.6 Å². The van der Waals surface area contributed by atoms with E-state index in [1.165, 1.54) is 5.56 Å². The van der Waals surface area contributed by atoms with Crippen LogP contribution in [-0.4, -0.2) is 19.1 Å². The van der Waals surface area contributed by atoms with Crippen LogP contribution < -0.4 is 14.8 Å². The lowest BCUT2D eigenvalue weighted by atomic mass is 10.1.